The van der Waals surface area contributed by atoms with Crippen LogP contribution in [0, 0.1) is 13.8 Å². The lowest BCUT2D eigenvalue weighted by Crippen LogP contribution is -2.48. The summed E-state index contributed by atoms with van der Waals surface area (Å²) >= 11 is 0. The quantitative estimate of drug-likeness (QED) is 0.879. The Labute approximate surface area is 144 Å². The molecule has 2 atom stereocenters. The molecule has 0 aliphatic heterocycles. The minimum absolute atomic E-state index is 0.101. The molecule has 0 aliphatic rings. The molecule has 0 unspecified atom stereocenters. The summed E-state index contributed by atoms with van der Waals surface area (Å²) < 4.78 is 1.85. The van der Waals surface area contributed by atoms with E-state index in [2.05, 4.69) is 22.7 Å². The van der Waals surface area contributed by atoms with Gasteiger partial charge in [-0.1, -0.05) is 37.3 Å². The molecule has 0 aliphatic carbocycles. The van der Waals surface area contributed by atoms with Crippen molar-refractivity contribution in [2.75, 3.05) is 0 Å². The highest BCUT2D eigenvalue weighted by molar-refractivity contribution is 5.75. The third-order valence-electron chi connectivity index (χ3n) is 4.85. The molecule has 0 bridgehead atoms. The Kier molecular flexibility index (Phi) is 5.32. The van der Waals surface area contributed by atoms with E-state index in [1.54, 1.807) is 0 Å². The van der Waals surface area contributed by atoms with Gasteiger partial charge in [0.25, 0.3) is 0 Å². The molecule has 2 N–H and O–H groups in total. The van der Waals surface area contributed by atoms with Gasteiger partial charge in [0.2, 0.25) is 0 Å². The van der Waals surface area contributed by atoms with Gasteiger partial charge < -0.3 is 10.6 Å². The Hall–Kier alpha value is -2.30. The zero-order valence-corrected chi connectivity index (χ0v) is 15.5. The smallest absolute Gasteiger partial charge is 0.315 e. The van der Waals surface area contributed by atoms with E-state index in [0.29, 0.717) is 0 Å². The summed E-state index contributed by atoms with van der Waals surface area (Å²) in [6.07, 6.45) is 0.809. The Balaban J connectivity index is 2.12. The molecule has 0 spiro atoms. The van der Waals surface area contributed by atoms with Crippen LogP contribution in [0.2, 0.25) is 0 Å². The molecule has 5 nitrogen and oxygen atoms in total. The molecular weight excluding hydrogens is 300 g/mol. The molecule has 2 aromatic rings. The molecular formula is C19H28N4O. The Morgan fingerprint density at radius 3 is 2.42 bits per heavy atom. The normalized spacial score (nSPS) is 14.8. The fraction of sp³-hybridized carbons (Fsp3) is 0.474. The predicted molar refractivity (Wildman–Crippen MR) is 96.8 cm³/mol. The number of urea groups is 1. The third kappa shape index (κ3) is 3.61. The zero-order valence-electron chi connectivity index (χ0n) is 15.5. The summed E-state index contributed by atoms with van der Waals surface area (Å²) in [5.74, 6) is 0. The second-order valence-electron chi connectivity index (χ2n) is 6.58. The first-order chi connectivity index (χ1) is 11.3. The van der Waals surface area contributed by atoms with Crippen LogP contribution in [0.25, 0.3) is 0 Å². The van der Waals surface area contributed by atoms with E-state index in [9.17, 15) is 4.79 Å². The first-order valence-corrected chi connectivity index (χ1v) is 8.42. The number of rotatable bonds is 5. The van der Waals surface area contributed by atoms with Gasteiger partial charge in [-0.15, -0.1) is 0 Å². The van der Waals surface area contributed by atoms with Crippen molar-refractivity contribution in [3.05, 3.63) is 52.8 Å². The maximum absolute atomic E-state index is 12.6. The number of carbonyl (C=O) groups excluding carboxylic acids is 1. The van der Waals surface area contributed by atoms with Gasteiger partial charge in [0.15, 0.2) is 0 Å². The number of aryl methyl sites for hydroxylation is 2. The van der Waals surface area contributed by atoms with Crippen molar-refractivity contribution in [1.29, 1.82) is 0 Å². The number of hydrogen-bond donors (Lipinski definition) is 2. The summed E-state index contributed by atoms with van der Waals surface area (Å²) in [6.45, 7) is 10.1. The summed E-state index contributed by atoms with van der Waals surface area (Å²) in [5, 5.41) is 10.6. The topological polar surface area (TPSA) is 59.0 Å². The molecule has 2 rings (SSSR count). The average Bonchev–Trinajstić information content (AvgIpc) is 2.80. The van der Waals surface area contributed by atoms with Crippen molar-refractivity contribution in [2.24, 2.45) is 7.05 Å². The van der Waals surface area contributed by atoms with Crippen molar-refractivity contribution in [1.82, 2.24) is 20.4 Å². The van der Waals surface area contributed by atoms with E-state index < -0.39 is 5.54 Å². The Morgan fingerprint density at radius 1 is 1.29 bits per heavy atom. The van der Waals surface area contributed by atoms with Crippen LogP contribution in [0.15, 0.2) is 30.3 Å². The molecule has 0 fully saturated rings. The molecule has 2 amide bonds. The number of nitrogens with zero attached hydrogens (tertiary/aromatic N) is 2. The van der Waals surface area contributed by atoms with Crippen LogP contribution in [0.5, 0.6) is 0 Å². The van der Waals surface area contributed by atoms with E-state index in [4.69, 9.17) is 0 Å². The highest BCUT2D eigenvalue weighted by Gasteiger charge is 2.27. The SMILES string of the molecule is CC[C@](C)(NC(=O)N[C@H](C)c1c(C)nn(C)c1C)c1ccccc1. The highest BCUT2D eigenvalue weighted by atomic mass is 16.2. The third-order valence-corrected chi connectivity index (χ3v) is 4.85. The number of carbonyl (C=O) groups is 1. The predicted octanol–water partition coefficient (Wildman–Crippen LogP) is 3.72. The number of benzene rings is 1. The fourth-order valence-electron chi connectivity index (χ4n) is 3.14. The first-order valence-electron chi connectivity index (χ1n) is 8.42. The van der Waals surface area contributed by atoms with Crippen molar-refractivity contribution in [3.8, 4) is 0 Å². The van der Waals surface area contributed by atoms with Gasteiger partial charge in [-0.25, -0.2) is 4.79 Å². The van der Waals surface area contributed by atoms with Gasteiger partial charge in [-0.2, -0.15) is 5.10 Å². The van der Waals surface area contributed by atoms with Crippen LogP contribution < -0.4 is 10.6 Å². The van der Waals surface area contributed by atoms with Crippen molar-refractivity contribution >= 4 is 6.03 Å². The molecule has 0 saturated carbocycles. The maximum atomic E-state index is 12.6. The molecule has 1 heterocycles. The lowest BCUT2D eigenvalue weighted by Gasteiger charge is -2.31. The highest BCUT2D eigenvalue weighted by Crippen LogP contribution is 2.25. The number of nitrogens with one attached hydrogen (secondary N) is 2. The van der Waals surface area contributed by atoms with Crippen LogP contribution >= 0.6 is 0 Å². The number of amides is 2. The Morgan fingerprint density at radius 2 is 1.92 bits per heavy atom. The molecule has 1 aromatic carbocycles. The standard InChI is InChI=1S/C19H28N4O/c1-7-19(5,16-11-9-8-10-12-16)21-18(24)20-13(2)17-14(3)22-23(6)15(17)4/h8-13H,7H2,1-6H3,(H2,20,21,24)/t13-,19+/m1/s1. The van der Waals surface area contributed by atoms with E-state index in [1.165, 1.54) is 0 Å². The molecule has 0 radical (unpaired) electrons. The van der Waals surface area contributed by atoms with Crippen LogP contribution in [0.4, 0.5) is 4.79 Å². The van der Waals surface area contributed by atoms with E-state index >= 15 is 0 Å². The van der Waals surface area contributed by atoms with Gasteiger partial charge in [0.1, 0.15) is 0 Å². The van der Waals surface area contributed by atoms with Crippen LogP contribution in [0.3, 0.4) is 0 Å². The van der Waals surface area contributed by atoms with Crippen molar-refractivity contribution in [2.45, 2.75) is 52.6 Å². The van der Waals surface area contributed by atoms with E-state index in [-0.39, 0.29) is 12.1 Å². The van der Waals surface area contributed by atoms with Gasteiger partial charge >= 0.3 is 6.03 Å². The van der Waals surface area contributed by atoms with Crippen molar-refractivity contribution < 1.29 is 4.79 Å². The fourth-order valence-corrected chi connectivity index (χ4v) is 3.14. The lowest BCUT2D eigenvalue weighted by atomic mass is 9.89. The van der Waals surface area contributed by atoms with Crippen molar-refractivity contribution in [3.63, 3.8) is 0 Å². The number of aromatic nitrogens is 2. The lowest BCUT2D eigenvalue weighted by molar-refractivity contribution is 0.223. The van der Waals surface area contributed by atoms with Gasteiger partial charge in [-0.3, -0.25) is 4.68 Å². The molecule has 0 saturated heterocycles. The Bertz CT molecular complexity index is 708. The second-order valence-corrected chi connectivity index (χ2v) is 6.58. The minimum atomic E-state index is -0.399. The first kappa shape index (κ1) is 18.0. The monoisotopic (exact) mass is 328 g/mol. The summed E-state index contributed by atoms with van der Waals surface area (Å²) in [4.78, 5) is 12.6. The molecule has 130 valence electrons. The summed E-state index contributed by atoms with van der Waals surface area (Å²) in [5.41, 5.74) is 3.80. The van der Waals surface area contributed by atoms with Gasteiger partial charge in [0.05, 0.1) is 17.3 Å². The van der Waals surface area contributed by atoms with Gasteiger partial charge in [-0.05, 0) is 39.7 Å². The van der Waals surface area contributed by atoms with E-state index in [0.717, 1.165) is 28.9 Å². The zero-order chi connectivity index (χ0) is 17.9. The molecule has 1 aromatic heterocycles. The molecule has 24 heavy (non-hydrogen) atoms. The maximum Gasteiger partial charge on any atom is 0.315 e. The molecule has 5 heteroatoms. The summed E-state index contributed by atoms with van der Waals surface area (Å²) in [7, 11) is 1.92. The van der Waals surface area contributed by atoms with Crippen LogP contribution in [-0.2, 0) is 12.6 Å². The van der Waals surface area contributed by atoms with Gasteiger partial charge in [0, 0.05) is 18.3 Å². The number of hydrogen-bond acceptors (Lipinski definition) is 2. The van der Waals surface area contributed by atoms with E-state index in [1.807, 2.05) is 69.8 Å². The van der Waals surface area contributed by atoms with Crippen LogP contribution in [0.1, 0.15) is 55.7 Å². The average molecular weight is 328 g/mol. The summed E-state index contributed by atoms with van der Waals surface area (Å²) in [6, 6.07) is 9.79. The minimum Gasteiger partial charge on any atom is -0.331 e. The largest absolute Gasteiger partial charge is 0.331 e. The second kappa shape index (κ2) is 7.07. The van der Waals surface area contributed by atoms with Crippen LogP contribution in [-0.4, -0.2) is 15.8 Å².